The molecule has 4 fully saturated rings. The number of benzene rings is 4. The summed E-state index contributed by atoms with van der Waals surface area (Å²) < 4.78 is 46.5. The fourth-order valence-corrected chi connectivity index (χ4v) is 15.3. The summed E-state index contributed by atoms with van der Waals surface area (Å²) in [5.74, 6) is -9.14. The van der Waals surface area contributed by atoms with Crippen molar-refractivity contribution in [1.29, 1.82) is 0 Å². The molecule has 0 unspecified atom stereocenters. The molecule has 12 N–H and O–H groups in total. The third-order valence-corrected chi connectivity index (χ3v) is 20.4. The van der Waals surface area contributed by atoms with Crippen LogP contribution in [-0.4, -0.2) is 197 Å². The molecule has 7 aliphatic rings. The van der Waals surface area contributed by atoms with E-state index in [0.29, 0.717) is 5.56 Å². The minimum atomic E-state index is -2.35. The molecule has 4 aromatic carbocycles. The summed E-state index contributed by atoms with van der Waals surface area (Å²) in [5, 5.41) is 105. The number of esters is 3. The third kappa shape index (κ3) is 12.3. The van der Waals surface area contributed by atoms with Crippen LogP contribution in [0.3, 0.4) is 0 Å². The highest BCUT2D eigenvalue weighted by Crippen LogP contribution is 2.64. The van der Waals surface area contributed by atoms with Gasteiger partial charge in [0.1, 0.15) is 65.1 Å². The van der Waals surface area contributed by atoms with E-state index in [0.717, 1.165) is 6.92 Å². The van der Waals surface area contributed by atoms with Crippen LogP contribution in [0.15, 0.2) is 90.0 Å². The first-order chi connectivity index (χ1) is 45.4. The highest BCUT2D eigenvalue weighted by Gasteiger charge is 2.78. The van der Waals surface area contributed by atoms with Crippen molar-refractivity contribution >= 4 is 47.1 Å². The lowest BCUT2D eigenvalue weighted by Crippen LogP contribution is -2.81. The number of fused-ring (bicyclic) bond motifs is 8. The summed E-state index contributed by atoms with van der Waals surface area (Å²) in [6.07, 6.45) is -16.6. The minimum Gasteiger partial charge on any atom is -0.507 e. The Morgan fingerprint density at radius 2 is 1.46 bits per heavy atom. The average Bonchev–Trinajstić information content (AvgIpc) is 0.674. The van der Waals surface area contributed by atoms with Crippen LogP contribution < -0.4 is 15.8 Å². The maximum Gasteiger partial charge on any atom is 0.408 e. The number of phenolic OH excluding ortho intramolecular Hbond substituents is 2. The number of rotatable bonds is 13. The molecule has 2 bridgehead atoms. The number of aliphatic hydroxyl groups excluding tert-OH is 5. The maximum absolute atomic E-state index is 14.9. The highest BCUT2D eigenvalue weighted by atomic mass is 16.7. The van der Waals surface area contributed by atoms with Gasteiger partial charge in [-0.1, -0.05) is 74.5 Å². The molecule has 0 aromatic heterocycles. The molecular formula is C70H82N2O25. The van der Waals surface area contributed by atoms with Crippen LogP contribution in [0.25, 0.3) is 0 Å². The number of ketones is 4. The van der Waals surface area contributed by atoms with E-state index < -0.39 is 208 Å². The number of alkyl carbamates (subject to hydrolysis) is 1. The molecule has 2 saturated heterocycles. The van der Waals surface area contributed by atoms with Gasteiger partial charge in [-0.05, 0) is 76.5 Å². The van der Waals surface area contributed by atoms with Crippen LogP contribution in [0.5, 0.6) is 17.2 Å². The summed E-state index contributed by atoms with van der Waals surface area (Å²) >= 11 is 0. The smallest absolute Gasteiger partial charge is 0.408 e. The van der Waals surface area contributed by atoms with E-state index in [1.165, 1.54) is 51.3 Å². The second-order valence-electron chi connectivity index (χ2n) is 27.7. The first kappa shape index (κ1) is 71.7. The Hall–Kier alpha value is -8.06. The third-order valence-electron chi connectivity index (χ3n) is 20.4. The molecule has 27 nitrogen and oxygen atoms in total. The molecule has 17 atom stereocenters. The summed E-state index contributed by atoms with van der Waals surface area (Å²) in [6.45, 7) is 12.4. The van der Waals surface area contributed by atoms with Gasteiger partial charge in [0.2, 0.25) is 5.78 Å². The SMILES string of the molecule is CC(=O)O[C@@]12CO[C@@H]1C[C@H](O)[C@@]1(C)C(=O)[C@H](O)C3=C(C)[C@@H](OC(=O)[C@H](O)[C@@H](NC(=O)OC(C)(C)C)c4ccccc4)C[C@@](O)([C@@H](OC(=O)c4ccccc4)[C@H]21)C3(C)C.COc1cccc2c1C(=O)c1c(O)c3c(c(O)c1C2=O)C[C@@](O)(C(=O)CO)C[C@@H]3O[C@H]1C[C@H](N)[C@H](O)[C@H](C)O1. The first-order valence-electron chi connectivity index (χ1n) is 31.7. The number of Topliss-reactive ketones (excluding diaryl/α,β-unsaturated/α-hetero) is 2. The molecule has 2 saturated carbocycles. The van der Waals surface area contributed by atoms with Gasteiger partial charge >= 0.3 is 24.0 Å². The molecule has 5 aliphatic carbocycles. The van der Waals surface area contributed by atoms with Crippen LogP contribution in [-0.2, 0) is 58.8 Å². The molecular weight excluding hydrogens is 1270 g/mol. The largest absolute Gasteiger partial charge is 0.507 e. The quantitative estimate of drug-likeness (QED) is 0.0349. The van der Waals surface area contributed by atoms with Gasteiger partial charge in [-0.3, -0.25) is 24.0 Å². The van der Waals surface area contributed by atoms with Gasteiger partial charge in [-0.2, -0.15) is 0 Å². The number of carbonyl (C=O) groups is 8. The van der Waals surface area contributed by atoms with E-state index >= 15 is 0 Å². The monoisotopic (exact) mass is 1350 g/mol. The van der Waals surface area contributed by atoms with Crippen molar-refractivity contribution in [3.05, 3.63) is 135 Å². The lowest BCUT2D eigenvalue weighted by Gasteiger charge is -2.67. The van der Waals surface area contributed by atoms with E-state index in [4.69, 9.17) is 43.6 Å². The van der Waals surface area contributed by atoms with Crippen LogP contribution in [0.4, 0.5) is 4.79 Å². The molecule has 522 valence electrons. The standard InChI is InChI=1S/C43H53NO14.C27H29NO11/c1-22-26(55-37(51)32(48)30(24-15-11-9-12-16-24)44-38(52)58-39(3,4)5)20-43(53)35(56-36(50)25-17-13-10-14-18-25)33-41(8,34(49)31(47)29(22)40(43,6)7)27(46)19-28-42(33,21-54-28)57-23(2)45;1-10-22(31)13(28)6-17(38-10)39-15-8-27(36,16(30)9-29)7-12-19(15)26(35)21-20(24(12)33)23(32)11-4-3-5-14(37-2)18(11)25(21)34/h9-18,26-28,30-33,35,46-48,53H,19-21H2,1-8H3,(H,44,52);3-5,10,13,15,17,22,29,31,33,35-36H,6-9,28H2,1-2H3/t26-,27-,28+,30-,31+,32+,33-,35-,41+,42-,43+;10-,13-,15-,17-,22+,27-/m00/s1. The van der Waals surface area contributed by atoms with Crippen LogP contribution in [0.1, 0.15) is 159 Å². The Morgan fingerprint density at radius 3 is 2.05 bits per heavy atom. The molecule has 0 spiro atoms. The number of methoxy groups -OCH3 is 1. The number of aliphatic hydroxyl groups is 7. The topological polar surface area (TPSA) is 431 Å². The second-order valence-corrected chi connectivity index (χ2v) is 27.7. The zero-order valence-corrected chi connectivity index (χ0v) is 55.1. The van der Waals surface area contributed by atoms with E-state index in [2.05, 4.69) is 5.32 Å². The number of aromatic hydroxyl groups is 2. The van der Waals surface area contributed by atoms with Gasteiger partial charge in [0.05, 0.1) is 77.8 Å². The molecule has 2 aliphatic heterocycles. The van der Waals surface area contributed by atoms with Crippen molar-refractivity contribution in [1.82, 2.24) is 5.32 Å². The number of amides is 1. The first-order valence-corrected chi connectivity index (χ1v) is 31.7. The van der Waals surface area contributed by atoms with Crippen molar-refractivity contribution in [2.45, 2.75) is 190 Å². The number of hydrogen-bond donors (Lipinski definition) is 11. The highest BCUT2D eigenvalue weighted by molar-refractivity contribution is 6.31. The number of nitrogens with one attached hydrogen (secondary N) is 1. The Labute approximate surface area is 557 Å². The Bertz CT molecular complexity index is 3840. The van der Waals surface area contributed by atoms with Gasteiger partial charge in [0.25, 0.3) is 0 Å². The second kappa shape index (κ2) is 26.3. The number of ether oxygens (including phenoxy) is 8. The van der Waals surface area contributed by atoms with Crippen LogP contribution in [0.2, 0.25) is 0 Å². The average molecular weight is 1350 g/mol. The lowest BCUT2D eigenvalue weighted by molar-refractivity contribution is -0.346. The van der Waals surface area contributed by atoms with Gasteiger partial charge in [-0.25, -0.2) is 14.4 Å². The molecule has 2 heterocycles. The van der Waals surface area contributed by atoms with Gasteiger partial charge in [-0.15, -0.1) is 0 Å². The van der Waals surface area contributed by atoms with Crippen molar-refractivity contribution < 1.29 is 122 Å². The van der Waals surface area contributed by atoms with Crippen LogP contribution in [0, 0.1) is 16.7 Å². The van der Waals surface area contributed by atoms with Gasteiger partial charge in [0.15, 0.2) is 35.3 Å². The Balaban J connectivity index is 0.000000227. The number of hydrogen-bond acceptors (Lipinski definition) is 26. The fraction of sp³-hybridized carbons (Fsp3) is 0.514. The lowest BCUT2D eigenvalue weighted by atomic mass is 9.44. The summed E-state index contributed by atoms with van der Waals surface area (Å²) in [6, 6.07) is 18.3. The van der Waals surface area contributed by atoms with Crippen LogP contribution >= 0.6 is 0 Å². The zero-order valence-electron chi connectivity index (χ0n) is 55.1. The molecule has 11 rings (SSSR count). The van der Waals surface area contributed by atoms with Crippen molar-refractivity contribution in [3.8, 4) is 17.2 Å². The molecule has 0 radical (unpaired) electrons. The molecule has 27 heteroatoms. The fourth-order valence-electron chi connectivity index (χ4n) is 15.3. The molecule has 4 aromatic rings. The van der Waals surface area contributed by atoms with Gasteiger partial charge in [0, 0.05) is 67.2 Å². The normalized spacial score (nSPS) is 32.1. The van der Waals surface area contributed by atoms with E-state index in [1.807, 2.05) is 0 Å². The van der Waals surface area contributed by atoms with Crippen molar-refractivity contribution in [3.63, 3.8) is 0 Å². The molecule has 1 amide bonds. The van der Waals surface area contributed by atoms with E-state index in [9.17, 15) is 84.3 Å². The summed E-state index contributed by atoms with van der Waals surface area (Å²) in [5.41, 5.74) is -5.76. The van der Waals surface area contributed by atoms with Crippen molar-refractivity contribution in [2.24, 2.45) is 22.5 Å². The molecule has 97 heavy (non-hydrogen) atoms. The number of carbonyl (C=O) groups excluding carboxylic acids is 8. The van der Waals surface area contributed by atoms with Gasteiger partial charge < -0.3 is 94.9 Å². The zero-order chi connectivity index (χ0) is 71.1. The van der Waals surface area contributed by atoms with Crippen molar-refractivity contribution in [2.75, 3.05) is 20.3 Å². The number of nitrogens with two attached hydrogens (primary N) is 1. The summed E-state index contributed by atoms with van der Waals surface area (Å²) in [7, 11) is 1.32. The predicted octanol–water partition coefficient (Wildman–Crippen LogP) is 3.26. The van der Waals surface area contributed by atoms with E-state index in [-0.39, 0.29) is 64.2 Å². The minimum absolute atomic E-state index is 0.0173. The Morgan fingerprint density at radius 1 is 0.825 bits per heavy atom. The predicted molar refractivity (Wildman–Crippen MR) is 335 cm³/mol. The number of phenols is 2. The Kier molecular flexibility index (Phi) is 19.5. The maximum atomic E-state index is 14.9. The summed E-state index contributed by atoms with van der Waals surface area (Å²) in [4.78, 5) is 109. The van der Waals surface area contributed by atoms with E-state index in [1.54, 1.807) is 90.1 Å².